The Kier molecular flexibility index (Phi) is 11.8. The Balaban J connectivity index is 1.44. The largest absolute Gasteiger partial charge is 0.453 e. The Morgan fingerprint density at radius 3 is 2.36 bits per heavy atom. The molecule has 0 N–H and O–H groups in total. The van der Waals surface area contributed by atoms with Crippen LogP contribution in [-0.2, 0) is 25.5 Å². The minimum atomic E-state index is -0.833. The van der Waals surface area contributed by atoms with E-state index in [0.29, 0.717) is 62.1 Å². The maximum Gasteiger partial charge on any atom is 0.410 e. The van der Waals surface area contributed by atoms with E-state index in [1.807, 2.05) is 51.1 Å². The van der Waals surface area contributed by atoms with Crippen LogP contribution in [0.3, 0.4) is 0 Å². The quantitative estimate of drug-likeness (QED) is 0.0752. The van der Waals surface area contributed by atoms with Crippen molar-refractivity contribution < 1.29 is 37.8 Å². The van der Waals surface area contributed by atoms with E-state index >= 15 is 0 Å². The molecule has 0 saturated carbocycles. The van der Waals surface area contributed by atoms with Gasteiger partial charge in [0.2, 0.25) is 0 Å². The first-order valence-corrected chi connectivity index (χ1v) is 15.1. The van der Waals surface area contributed by atoms with Gasteiger partial charge in [-0.25, -0.2) is 9.18 Å². The van der Waals surface area contributed by atoms with Crippen molar-refractivity contribution in [2.45, 2.75) is 32.9 Å². The second kappa shape index (κ2) is 15.7. The number of ether oxygens (including phenoxy) is 5. The number of methoxy groups -OCH3 is 1. The molecule has 0 spiro atoms. The lowest BCUT2D eigenvalue weighted by atomic mass is 10.1. The van der Waals surface area contributed by atoms with E-state index in [9.17, 15) is 19.3 Å². The third-order valence-corrected chi connectivity index (χ3v) is 7.48. The number of fused-ring (bicyclic) bond motifs is 1. The molecule has 2 aromatic heterocycles. The van der Waals surface area contributed by atoms with Crippen LogP contribution in [0.25, 0.3) is 20.7 Å². The molecule has 0 aliphatic rings. The monoisotopic (exact) mass is 641 g/mol. The number of halogens is 1. The van der Waals surface area contributed by atoms with Crippen LogP contribution in [-0.4, -0.2) is 73.2 Å². The number of pyridine rings is 1. The highest BCUT2D eigenvalue weighted by Crippen LogP contribution is 2.40. The number of non-ortho nitro benzene ring substituents is 1. The number of nitro groups is 1. The highest BCUT2D eigenvalue weighted by Gasteiger charge is 2.22. The zero-order valence-electron chi connectivity index (χ0n) is 25.6. The van der Waals surface area contributed by atoms with Gasteiger partial charge in [-0.1, -0.05) is 24.3 Å². The van der Waals surface area contributed by atoms with Crippen molar-refractivity contribution in [1.82, 2.24) is 9.88 Å². The van der Waals surface area contributed by atoms with Crippen molar-refractivity contribution >= 4 is 33.3 Å². The summed E-state index contributed by atoms with van der Waals surface area (Å²) in [4.78, 5) is 30.2. The number of carbonyl (C=O) groups excluding carboxylic acids is 1. The first kappa shape index (κ1) is 33.7. The fraction of sp³-hybridized carbons (Fsp3) is 0.375. The van der Waals surface area contributed by atoms with Crippen molar-refractivity contribution in [3.8, 4) is 21.9 Å². The summed E-state index contributed by atoms with van der Waals surface area (Å²) in [6, 6.07) is 14.6. The summed E-state index contributed by atoms with van der Waals surface area (Å²) < 4.78 is 42.6. The molecule has 0 bridgehead atoms. The molecule has 0 aliphatic heterocycles. The van der Waals surface area contributed by atoms with Crippen molar-refractivity contribution in [3.63, 3.8) is 0 Å². The minimum Gasteiger partial charge on any atom is -0.453 e. The summed E-state index contributed by atoms with van der Waals surface area (Å²) in [7, 11) is 1.61. The van der Waals surface area contributed by atoms with Gasteiger partial charge >= 0.3 is 6.09 Å². The summed E-state index contributed by atoms with van der Waals surface area (Å²) in [5.41, 5.74) is 1.50. The van der Waals surface area contributed by atoms with Crippen molar-refractivity contribution in [2.75, 3.05) is 46.7 Å². The molecule has 4 aromatic rings. The molecule has 240 valence electrons. The van der Waals surface area contributed by atoms with Crippen molar-refractivity contribution in [1.29, 1.82) is 0 Å². The summed E-state index contributed by atoms with van der Waals surface area (Å²) in [5.74, 6) is -0.569. The van der Waals surface area contributed by atoms with Gasteiger partial charge in [0.05, 0.1) is 54.2 Å². The number of carbonyl (C=O) groups is 1. The fourth-order valence-electron chi connectivity index (χ4n) is 4.14. The maximum atomic E-state index is 14.5. The van der Waals surface area contributed by atoms with Crippen LogP contribution in [0.4, 0.5) is 14.9 Å². The Bertz CT molecular complexity index is 1590. The Morgan fingerprint density at radius 2 is 1.69 bits per heavy atom. The second-order valence-corrected chi connectivity index (χ2v) is 12.0. The molecule has 2 aromatic carbocycles. The molecule has 0 unspecified atom stereocenters. The number of hydrogen-bond donors (Lipinski definition) is 0. The molecule has 0 fully saturated rings. The van der Waals surface area contributed by atoms with Crippen LogP contribution < -0.4 is 4.74 Å². The Morgan fingerprint density at radius 1 is 0.978 bits per heavy atom. The van der Waals surface area contributed by atoms with E-state index in [2.05, 4.69) is 4.98 Å². The van der Waals surface area contributed by atoms with Gasteiger partial charge in [-0.2, -0.15) is 0 Å². The van der Waals surface area contributed by atoms with Crippen LogP contribution in [0, 0.1) is 15.9 Å². The minimum absolute atomic E-state index is 0.122. The molecular formula is C32H36FN3O8S. The normalized spacial score (nSPS) is 11.5. The number of nitrogens with zero attached hydrogens (tertiary/aromatic N) is 3. The van der Waals surface area contributed by atoms with Gasteiger partial charge in [0.1, 0.15) is 11.4 Å². The van der Waals surface area contributed by atoms with Gasteiger partial charge in [0, 0.05) is 43.4 Å². The summed E-state index contributed by atoms with van der Waals surface area (Å²) >= 11 is 1.43. The predicted octanol–water partition coefficient (Wildman–Crippen LogP) is 7.22. The van der Waals surface area contributed by atoms with E-state index in [4.69, 9.17) is 23.7 Å². The zero-order valence-corrected chi connectivity index (χ0v) is 26.4. The van der Waals surface area contributed by atoms with E-state index in [0.717, 1.165) is 22.1 Å². The lowest BCUT2D eigenvalue weighted by Crippen LogP contribution is -2.38. The molecule has 13 heteroatoms. The van der Waals surface area contributed by atoms with Crippen LogP contribution in [0.15, 0.2) is 60.8 Å². The molecule has 0 radical (unpaired) electrons. The topological polar surface area (TPSA) is 122 Å². The molecular weight excluding hydrogens is 605 g/mol. The van der Waals surface area contributed by atoms with E-state index in [1.54, 1.807) is 24.3 Å². The zero-order chi connectivity index (χ0) is 32.4. The van der Waals surface area contributed by atoms with Crippen molar-refractivity contribution in [3.05, 3.63) is 82.3 Å². The van der Waals surface area contributed by atoms with Crippen molar-refractivity contribution in [2.24, 2.45) is 0 Å². The van der Waals surface area contributed by atoms with Gasteiger partial charge in [-0.15, -0.1) is 11.3 Å². The second-order valence-electron chi connectivity index (χ2n) is 10.9. The average Bonchev–Trinajstić information content (AvgIpc) is 3.44. The molecule has 4 rings (SSSR count). The number of nitro benzene ring substituents is 1. The molecule has 1 amide bonds. The highest BCUT2D eigenvalue weighted by atomic mass is 32.1. The van der Waals surface area contributed by atoms with Crippen LogP contribution in [0.5, 0.6) is 11.5 Å². The highest BCUT2D eigenvalue weighted by molar-refractivity contribution is 7.22. The lowest BCUT2D eigenvalue weighted by molar-refractivity contribution is -0.385. The van der Waals surface area contributed by atoms with Crippen LogP contribution >= 0.6 is 11.3 Å². The molecule has 2 heterocycles. The molecule has 0 saturated heterocycles. The number of benzene rings is 2. The summed E-state index contributed by atoms with van der Waals surface area (Å²) in [5, 5.41) is 10.9. The van der Waals surface area contributed by atoms with Gasteiger partial charge in [-0.05, 0) is 44.0 Å². The molecule has 11 nitrogen and oxygen atoms in total. The van der Waals surface area contributed by atoms with E-state index in [1.165, 1.54) is 23.5 Å². The van der Waals surface area contributed by atoms with E-state index < -0.39 is 22.4 Å². The number of aromatic nitrogens is 1. The maximum absolute atomic E-state index is 14.5. The summed E-state index contributed by atoms with van der Waals surface area (Å²) in [6.45, 7) is 8.32. The van der Waals surface area contributed by atoms with Gasteiger partial charge < -0.3 is 28.6 Å². The molecule has 0 atom stereocenters. The number of thiophene rings is 1. The summed E-state index contributed by atoms with van der Waals surface area (Å²) in [6.07, 6.45) is 1.13. The molecule has 0 aliphatic carbocycles. The van der Waals surface area contributed by atoms with Gasteiger partial charge in [-0.3, -0.25) is 15.1 Å². The fourth-order valence-corrected chi connectivity index (χ4v) is 5.21. The molecule has 45 heavy (non-hydrogen) atoms. The smallest absolute Gasteiger partial charge is 0.410 e. The van der Waals surface area contributed by atoms with Gasteiger partial charge in [0.25, 0.3) is 5.69 Å². The third kappa shape index (κ3) is 9.91. The predicted molar refractivity (Wildman–Crippen MR) is 168 cm³/mol. The average molecular weight is 642 g/mol. The SMILES string of the molecule is COCCOCCOCCN(Cc1ccc(-c2cc3nccc(Oc4ccc([N+](=O)[O-])cc4F)c3s2)cc1)C(=O)OC(C)(C)C. The van der Waals surface area contributed by atoms with Gasteiger partial charge in [0.15, 0.2) is 11.6 Å². The Labute approximate surface area is 264 Å². The van der Waals surface area contributed by atoms with E-state index in [-0.39, 0.29) is 11.4 Å². The number of rotatable bonds is 15. The first-order valence-electron chi connectivity index (χ1n) is 14.3. The lowest BCUT2D eigenvalue weighted by Gasteiger charge is -2.27. The number of amides is 1. The number of hydrogen-bond acceptors (Lipinski definition) is 10. The van der Waals surface area contributed by atoms with Crippen LogP contribution in [0.2, 0.25) is 0 Å². The van der Waals surface area contributed by atoms with Crippen LogP contribution in [0.1, 0.15) is 26.3 Å². The Hall–Kier alpha value is -4.17. The third-order valence-electron chi connectivity index (χ3n) is 6.29. The first-order chi connectivity index (χ1) is 21.5. The standard InChI is InChI=1S/C32H36FN3O8S/c1-32(2,3)44-31(37)35(13-14-41-17-18-42-16-15-40-4)21-22-5-7-23(8-6-22)29-20-26-30(45-29)28(11-12-34-26)43-27-10-9-24(36(38)39)19-25(27)33/h5-12,19-20H,13-18,21H2,1-4H3.